The first-order chi connectivity index (χ1) is 11.2. The Morgan fingerprint density at radius 3 is 2.91 bits per heavy atom. The quantitative estimate of drug-likeness (QED) is 0.783. The summed E-state index contributed by atoms with van der Waals surface area (Å²) in [5, 5.41) is 2.93. The molecule has 118 valence electrons. The number of amides is 1. The Morgan fingerprint density at radius 1 is 1.26 bits per heavy atom. The van der Waals surface area contributed by atoms with Crippen molar-refractivity contribution in [1.82, 2.24) is 9.55 Å². The van der Waals surface area contributed by atoms with Crippen molar-refractivity contribution in [2.45, 2.75) is 19.9 Å². The molecule has 0 spiro atoms. The van der Waals surface area contributed by atoms with E-state index < -0.39 is 0 Å². The van der Waals surface area contributed by atoms with E-state index in [-0.39, 0.29) is 11.9 Å². The van der Waals surface area contributed by atoms with Crippen LogP contribution in [0.3, 0.4) is 0 Å². The van der Waals surface area contributed by atoms with E-state index in [1.54, 1.807) is 6.33 Å². The molecule has 0 aliphatic heterocycles. The maximum atomic E-state index is 12.5. The summed E-state index contributed by atoms with van der Waals surface area (Å²) in [5.74, 6) is 0.646. The summed E-state index contributed by atoms with van der Waals surface area (Å²) in [5.41, 5.74) is 2.54. The minimum absolute atomic E-state index is 0.0956. The number of fused-ring (bicyclic) bond motifs is 1. The molecule has 5 heteroatoms. The molecule has 0 fully saturated rings. The highest BCUT2D eigenvalue weighted by molar-refractivity contribution is 5.94. The molecule has 1 amide bonds. The molecule has 0 radical (unpaired) electrons. The average Bonchev–Trinajstić information content (AvgIpc) is 2.99. The van der Waals surface area contributed by atoms with Crippen molar-refractivity contribution in [2.75, 3.05) is 11.9 Å². The van der Waals surface area contributed by atoms with Gasteiger partial charge in [-0.1, -0.05) is 18.2 Å². The molecule has 3 aromatic rings. The number of benzene rings is 2. The van der Waals surface area contributed by atoms with Crippen molar-refractivity contribution in [2.24, 2.45) is 0 Å². The first-order valence-electron chi connectivity index (χ1n) is 7.64. The van der Waals surface area contributed by atoms with Crippen LogP contribution >= 0.6 is 0 Å². The molecule has 1 N–H and O–H groups in total. The van der Waals surface area contributed by atoms with Crippen molar-refractivity contribution >= 4 is 22.6 Å². The lowest BCUT2D eigenvalue weighted by Crippen LogP contribution is -2.23. The highest BCUT2D eigenvalue weighted by Crippen LogP contribution is 2.21. The highest BCUT2D eigenvalue weighted by atomic mass is 16.5. The first-order valence-corrected chi connectivity index (χ1v) is 7.64. The number of anilines is 1. The van der Waals surface area contributed by atoms with Gasteiger partial charge in [-0.15, -0.1) is 0 Å². The normalized spacial score (nSPS) is 12.1. The van der Waals surface area contributed by atoms with Crippen LogP contribution in [0.5, 0.6) is 5.75 Å². The van der Waals surface area contributed by atoms with Gasteiger partial charge in [0.2, 0.25) is 5.91 Å². The molecule has 23 heavy (non-hydrogen) atoms. The van der Waals surface area contributed by atoms with E-state index in [9.17, 15) is 4.79 Å². The van der Waals surface area contributed by atoms with Gasteiger partial charge in [0.15, 0.2) is 0 Å². The summed E-state index contributed by atoms with van der Waals surface area (Å²) < 4.78 is 7.32. The molecule has 3 rings (SSSR count). The summed E-state index contributed by atoms with van der Waals surface area (Å²) in [6.45, 7) is 4.38. The molecule has 2 aromatic carbocycles. The summed E-state index contributed by atoms with van der Waals surface area (Å²) in [7, 11) is 0. The van der Waals surface area contributed by atoms with Gasteiger partial charge in [0.25, 0.3) is 0 Å². The monoisotopic (exact) mass is 309 g/mol. The van der Waals surface area contributed by atoms with Crippen LogP contribution in [0.1, 0.15) is 19.9 Å². The first kappa shape index (κ1) is 15.1. The fourth-order valence-corrected chi connectivity index (χ4v) is 2.49. The van der Waals surface area contributed by atoms with Crippen LogP contribution in [0.15, 0.2) is 54.9 Å². The van der Waals surface area contributed by atoms with E-state index in [1.165, 1.54) is 0 Å². The molecule has 0 saturated heterocycles. The number of nitrogens with zero attached hydrogens (tertiary/aromatic N) is 2. The third kappa shape index (κ3) is 3.18. The summed E-state index contributed by atoms with van der Waals surface area (Å²) in [6.07, 6.45) is 1.70. The van der Waals surface area contributed by atoms with E-state index in [0.717, 1.165) is 22.5 Å². The molecule has 0 unspecified atom stereocenters. The second kappa shape index (κ2) is 6.52. The zero-order valence-corrected chi connectivity index (χ0v) is 13.2. The maximum absolute atomic E-state index is 12.5. The van der Waals surface area contributed by atoms with Crippen LogP contribution in [0, 0.1) is 0 Å². The number of carbonyl (C=O) groups excluding carboxylic acids is 1. The smallest absolute Gasteiger partial charge is 0.247 e. The van der Waals surface area contributed by atoms with Crippen molar-refractivity contribution < 1.29 is 9.53 Å². The van der Waals surface area contributed by atoms with Crippen molar-refractivity contribution in [1.29, 1.82) is 0 Å². The topological polar surface area (TPSA) is 56.1 Å². The van der Waals surface area contributed by atoms with Crippen LogP contribution in [0.2, 0.25) is 0 Å². The molecular formula is C18H19N3O2. The number of nitrogens with one attached hydrogen (secondary N) is 1. The highest BCUT2D eigenvalue weighted by Gasteiger charge is 2.17. The number of imidazole rings is 1. The zero-order valence-electron chi connectivity index (χ0n) is 13.2. The number of carbonyl (C=O) groups is 1. The molecule has 1 atom stereocenters. The van der Waals surface area contributed by atoms with Gasteiger partial charge in [0.05, 0.1) is 24.0 Å². The van der Waals surface area contributed by atoms with Crippen molar-refractivity contribution in [3.63, 3.8) is 0 Å². The van der Waals surface area contributed by atoms with Gasteiger partial charge in [0.1, 0.15) is 11.8 Å². The molecule has 5 nitrogen and oxygen atoms in total. The van der Waals surface area contributed by atoms with E-state index in [2.05, 4.69) is 10.3 Å². The summed E-state index contributed by atoms with van der Waals surface area (Å²) in [6, 6.07) is 14.8. The van der Waals surface area contributed by atoms with Gasteiger partial charge in [-0.05, 0) is 38.1 Å². The number of hydrogen-bond acceptors (Lipinski definition) is 3. The fraction of sp³-hybridized carbons (Fsp3) is 0.222. The van der Waals surface area contributed by atoms with E-state index >= 15 is 0 Å². The van der Waals surface area contributed by atoms with E-state index in [0.29, 0.717) is 6.61 Å². The summed E-state index contributed by atoms with van der Waals surface area (Å²) >= 11 is 0. The van der Waals surface area contributed by atoms with Crippen LogP contribution in [0.4, 0.5) is 5.69 Å². The van der Waals surface area contributed by atoms with Crippen molar-refractivity contribution in [3.05, 3.63) is 54.9 Å². The standard InChI is InChI=1S/C18H19N3O2/c1-3-23-15-8-6-7-14(11-15)20-18(22)13(2)21-12-19-16-9-4-5-10-17(16)21/h4-13H,3H2,1-2H3,(H,20,22)/t13-/m0/s1. The van der Waals surface area contributed by atoms with Crippen molar-refractivity contribution in [3.8, 4) is 5.75 Å². The molecule has 0 aliphatic rings. The van der Waals surface area contributed by atoms with Gasteiger partial charge >= 0.3 is 0 Å². The molecule has 0 bridgehead atoms. The number of rotatable bonds is 5. The number of aromatic nitrogens is 2. The van der Waals surface area contributed by atoms with Gasteiger partial charge in [-0.2, -0.15) is 0 Å². The number of ether oxygens (including phenoxy) is 1. The average molecular weight is 309 g/mol. The lowest BCUT2D eigenvalue weighted by Gasteiger charge is -2.15. The molecule has 0 saturated carbocycles. The van der Waals surface area contributed by atoms with Gasteiger partial charge in [0, 0.05) is 11.8 Å². The molecule has 1 aromatic heterocycles. The number of hydrogen-bond donors (Lipinski definition) is 1. The van der Waals surface area contributed by atoms with Crippen LogP contribution < -0.4 is 10.1 Å². The predicted molar refractivity (Wildman–Crippen MR) is 90.7 cm³/mol. The largest absolute Gasteiger partial charge is 0.494 e. The Labute approximate surface area is 134 Å². The minimum atomic E-state index is -0.363. The van der Waals surface area contributed by atoms with E-state index in [1.807, 2.05) is 66.9 Å². The Morgan fingerprint density at radius 2 is 2.09 bits per heavy atom. The van der Waals surface area contributed by atoms with Crippen LogP contribution in [-0.4, -0.2) is 22.1 Å². The summed E-state index contributed by atoms with van der Waals surface area (Å²) in [4.78, 5) is 16.9. The SMILES string of the molecule is CCOc1cccc(NC(=O)[C@H](C)n2cnc3ccccc32)c1. The molecule has 1 heterocycles. The molecule has 0 aliphatic carbocycles. The Kier molecular flexibility index (Phi) is 4.28. The zero-order chi connectivity index (χ0) is 16.2. The second-order valence-electron chi connectivity index (χ2n) is 5.27. The number of para-hydroxylation sites is 2. The third-order valence-electron chi connectivity index (χ3n) is 3.69. The Bertz CT molecular complexity index is 826. The Balaban J connectivity index is 1.79. The van der Waals surface area contributed by atoms with E-state index in [4.69, 9.17) is 4.74 Å². The van der Waals surface area contributed by atoms with Gasteiger partial charge < -0.3 is 14.6 Å². The van der Waals surface area contributed by atoms with Crippen LogP contribution in [0.25, 0.3) is 11.0 Å². The lowest BCUT2D eigenvalue weighted by atomic mass is 10.2. The van der Waals surface area contributed by atoms with Gasteiger partial charge in [-0.3, -0.25) is 4.79 Å². The van der Waals surface area contributed by atoms with Gasteiger partial charge in [-0.25, -0.2) is 4.98 Å². The Hall–Kier alpha value is -2.82. The minimum Gasteiger partial charge on any atom is -0.494 e. The lowest BCUT2D eigenvalue weighted by molar-refractivity contribution is -0.118. The third-order valence-corrected chi connectivity index (χ3v) is 3.69. The fourth-order valence-electron chi connectivity index (χ4n) is 2.49. The van der Waals surface area contributed by atoms with Crippen LogP contribution in [-0.2, 0) is 4.79 Å². The predicted octanol–water partition coefficient (Wildman–Crippen LogP) is 3.63. The second-order valence-corrected chi connectivity index (χ2v) is 5.27. The maximum Gasteiger partial charge on any atom is 0.247 e. The molecular weight excluding hydrogens is 290 g/mol.